The van der Waals surface area contributed by atoms with Crippen LogP contribution in [0.5, 0.6) is 0 Å². The molecule has 1 unspecified atom stereocenters. The summed E-state index contributed by atoms with van der Waals surface area (Å²) < 4.78 is 4.91. The standard InChI is InChI=1S/C9H19NO3/c1-8(7-13-2)6-9(12)10-4-3-5-11/h8,11H,3-7H2,1-2H3,(H,10,12). The summed E-state index contributed by atoms with van der Waals surface area (Å²) in [6.45, 7) is 3.24. The average Bonchev–Trinajstić information content (AvgIpc) is 2.05. The summed E-state index contributed by atoms with van der Waals surface area (Å²) in [6.07, 6.45) is 1.10. The maximum atomic E-state index is 11.2. The number of ether oxygens (including phenoxy) is 1. The van der Waals surface area contributed by atoms with Crippen LogP contribution < -0.4 is 5.32 Å². The van der Waals surface area contributed by atoms with E-state index in [-0.39, 0.29) is 18.4 Å². The largest absolute Gasteiger partial charge is 0.396 e. The van der Waals surface area contributed by atoms with Crippen LogP contribution in [-0.2, 0) is 9.53 Å². The minimum atomic E-state index is 0.0259. The summed E-state index contributed by atoms with van der Waals surface area (Å²) in [5.41, 5.74) is 0. The highest BCUT2D eigenvalue weighted by Crippen LogP contribution is 2.00. The lowest BCUT2D eigenvalue weighted by Gasteiger charge is -2.09. The molecule has 4 nitrogen and oxygen atoms in total. The summed E-state index contributed by atoms with van der Waals surface area (Å²) in [6, 6.07) is 0. The zero-order valence-corrected chi connectivity index (χ0v) is 8.38. The Bertz CT molecular complexity index is 139. The van der Waals surface area contributed by atoms with Gasteiger partial charge in [0.25, 0.3) is 0 Å². The van der Waals surface area contributed by atoms with E-state index in [0.29, 0.717) is 26.0 Å². The fourth-order valence-corrected chi connectivity index (χ4v) is 1.04. The smallest absolute Gasteiger partial charge is 0.220 e. The number of aliphatic hydroxyl groups is 1. The number of hydrogen-bond donors (Lipinski definition) is 2. The van der Waals surface area contributed by atoms with Gasteiger partial charge in [-0.25, -0.2) is 0 Å². The van der Waals surface area contributed by atoms with E-state index in [9.17, 15) is 4.79 Å². The van der Waals surface area contributed by atoms with Crippen molar-refractivity contribution in [2.75, 3.05) is 26.9 Å². The molecule has 0 radical (unpaired) electrons. The molecular weight excluding hydrogens is 170 g/mol. The maximum absolute atomic E-state index is 11.2. The first kappa shape index (κ1) is 12.4. The molecule has 2 N–H and O–H groups in total. The fourth-order valence-electron chi connectivity index (χ4n) is 1.04. The number of aliphatic hydroxyl groups excluding tert-OH is 1. The zero-order chi connectivity index (χ0) is 10.1. The van der Waals surface area contributed by atoms with Gasteiger partial charge in [0.2, 0.25) is 5.91 Å². The van der Waals surface area contributed by atoms with Gasteiger partial charge in [-0.2, -0.15) is 0 Å². The van der Waals surface area contributed by atoms with Gasteiger partial charge in [0.1, 0.15) is 0 Å². The van der Waals surface area contributed by atoms with Gasteiger partial charge in [0.15, 0.2) is 0 Å². The molecule has 78 valence electrons. The van der Waals surface area contributed by atoms with Gasteiger partial charge >= 0.3 is 0 Å². The molecule has 0 rings (SSSR count). The SMILES string of the molecule is COCC(C)CC(=O)NCCCO. The molecule has 0 saturated heterocycles. The highest BCUT2D eigenvalue weighted by molar-refractivity contribution is 5.76. The van der Waals surface area contributed by atoms with Crippen molar-refractivity contribution in [3.63, 3.8) is 0 Å². The van der Waals surface area contributed by atoms with Gasteiger partial charge in [-0.1, -0.05) is 6.92 Å². The molecule has 0 bridgehead atoms. The van der Waals surface area contributed by atoms with Crippen LogP contribution in [0, 0.1) is 5.92 Å². The van der Waals surface area contributed by atoms with Crippen LogP contribution in [0.4, 0.5) is 0 Å². The summed E-state index contributed by atoms with van der Waals surface area (Å²) in [5.74, 6) is 0.275. The van der Waals surface area contributed by atoms with E-state index in [1.807, 2.05) is 6.92 Å². The molecule has 0 spiro atoms. The van der Waals surface area contributed by atoms with E-state index in [4.69, 9.17) is 9.84 Å². The summed E-state index contributed by atoms with van der Waals surface area (Å²) in [4.78, 5) is 11.2. The van der Waals surface area contributed by atoms with Gasteiger partial charge in [0, 0.05) is 33.3 Å². The lowest BCUT2D eigenvalue weighted by atomic mass is 10.1. The summed E-state index contributed by atoms with van der Waals surface area (Å²) in [7, 11) is 1.63. The predicted molar refractivity (Wildman–Crippen MR) is 50.4 cm³/mol. The van der Waals surface area contributed by atoms with Crippen LogP contribution in [0.25, 0.3) is 0 Å². The van der Waals surface area contributed by atoms with Gasteiger partial charge in [-0.15, -0.1) is 0 Å². The third-order valence-electron chi connectivity index (χ3n) is 1.64. The minimum absolute atomic E-state index is 0.0259. The van der Waals surface area contributed by atoms with E-state index < -0.39 is 0 Å². The average molecular weight is 189 g/mol. The Labute approximate surface area is 79.3 Å². The van der Waals surface area contributed by atoms with Crippen molar-refractivity contribution < 1.29 is 14.6 Å². The molecule has 0 saturated carbocycles. The Morgan fingerprint density at radius 3 is 2.85 bits per heavy atom. The second-order valence-corrected chi connectivity index (χ2v) is 3.19. The normalized spacial score (nSPS) is 12.5. The molecule has 0 aliphatic rings. The van der Waals surface area contributed by atoms with Gasteiger partial charge in [-0.05, 0) is 12.3 Å². The molecule has 0 aromatic rings. The second-order valence-electron chi connectivity index (χ2n) is 3.19. The third-order valence-corrected chi connectivity index (χ3v) is 1.64. The highest BCUT2D eigenvalue weighted by Gasteiger charge is 2.07. The first-order chi connectivity index (χ1) is 6.20. The number of rotatable bonds is 7. The van der Waals surface area contributed by atoms with E-state index in [0.717, 1.165) is 0 Å². The predicted octanol–water partition coefficient (Wildman–Crippen LogP) is 0.158. The number of amides is 1. The van der Waals surface area contributed by atoms with Crippen LogP contribution in [0.3, 0.4) is 0 Å². The van der Waals surface area contributed by atoms with Crippen molar-refractivity contribution in [3.05, 3.63) is 0 Å². The molecule has 4 heteroatoms. The third kappa shape index (κ3) is 7.74. The second kappa shape index (κ2) is 8.01. The molecule has 0 aromatic heterocycles. The van der Waals surface area contributed by atoms with E-state index in [2.05, 4.69) is 5.32 Å². The quantitative estimate of drug-likeness (QED) is 0.561. The monoisotopic (exact) mass is 189 g/mol. The zero-order valence-electron chi connectivity index (χ0n) is 8.38. The molecule has 13 heavy (non-hydrogen) atoms. The Balaban J connectivity index is 3.38. The molecule has 1 amide bonds. The number of hydrogen-bond acceptors (Lipinski definition) is 3. The van der Waals surface area contributed by atoms with Crippen LogP contribution >= 0.6 is 0 Å². The van der Waals surface area contributed by atoms with Gasteiger partial charge in [-0.3, -0.25) is 4.79 Å². The Kier molecular flexibility index (Phi) is 7.63. The first-order valence-electron chi connectivity index (χ1n) is 4.57. The highest BCUT2D eigenvalue weighted by atomic mass is 16.5. The van der Waals surface area contributed by atoms with Crippen LogP contribution in [0.1, 0.15) is 19.8 Å². The molecule has 0 aliphatic heterocycles. The molecule has 0 aliphatic carbocycles. The van der Waals surface area contributed by atoms with Gasteiger partial charge in [0.05, 0.1) is 0 Å². The number of nitrogens with one attached hydrogen (secondary N) is 1. The molecule has 1 atom stereocenters. The number of methoxy groups -OCH3 is 1. The lowest BCUT2D eigenvalue weighted by molar-refractivity contribution is -0.122. The lowest BCUT2D eigenvalue weighted by Crippen LogP contribution is -2.27. The Morgan fingerprint density at radius 2 is 2.31 bits per heavy atom. The maximum Gasteiger partial charge on any atom is 0.220 e. The van der Waals surface area contributed by atoms with Crippen molar-refractivity contribution in [3.8, 4) is 0 Å². The van der Waals surface area contributed by atoms with Crippen molar-refractivity contribution >= 4 is 5.91 Å². The van der Waals surface area contributed by atoms with E-state index >= 15 is 0 Å². The number of carbonyl (C=O) groups is 1. The van der Waals surface area contributed by atoms with E-state index in [1.54, 1.807) is 7.11 Å². The molecular formula is C9H19NO3. The van der Waals surface area contributed by atoms with Crippen LogP contribution in [-0.4, -0.2) is 37.9 Å². The van der Waals surface area contributed by atoms with Gasteiger partial charge < -0.3 is 15.2 Å². The minimum Gasteiger partial charge on any atom is -0.396 e. The van der Waals surface area contributed by atoms with Crippen molar-refractivity contribution in [1.82, 2.24) is 5.32 Å². The van der Waals surface area contributed by atoms with Crippen LogP contribution in [0.2, 0.25) is 0 Å². The van der Waals surface area contributed by atoms with Crippen molar-refractivity contribution in [2.45, 2.75) is 19.8 Å². The number of carbonyl (C=O) groups excluding carboxylic acids is 1. The van der Waals surface area contributed by atoms with E-state index in [1.165, 1.54) is 0 Å². The molecule has 0 heterocycles. The summed E-state index contributed by atoms with van der Waals surface area (Å²) >= 11 is 0. The van der Waals surface area contributed by atoms with Crippen LogP contribution in [0.15, 0.2) is 0 Å². The van der Waals surface area contributed by atoms with Crippen molar-refractivity contribution in [2.24, 2.45) is 5.92 Å². The topological polar surface area (TPSA) is 58.6 Å². The Hall–Kier alpha value is -0.610. The van der Waals surface area contributed by atoms with Crippen molar-refractivity contribution in [1.29, 1.82) is 0 Å². The Morgan fingerprint density at radius 1 is 1.62 bits per heavy atom. The summed E-state index contributed by atoms with van der Waals surface area (Å²) in [5, 5.41) is 11.2. The molecule has 0 aromatic carbocycles. The fraction of sp³-hybridized carbons (Fsp3) is 0.889. The molecule has 0 fully saturated rings. The first-order valence-corrected chi connectivity index (χ1v) is 4.57.